The zero-order valence-electron chi connectivity index (χ0n) is 20.9. The summed E-state index contributed by atoms with van der Waals surface area (Å²) in [5.74, 6) is 0.911. The van der Waals surface area contributed by atoms with Crippen LogP contribution < -0.4 is 10.1 Å². The number of fused-ring (bicyclic) bond motifs is 10. The molecule has 1 aliphatic heterocycles. The van der Waals surface area contributed by atoms with Crippen LogP contribution in [0, 0.1) is 0 Å². The molecule has 0 bridgehead atoms. The number of hydrogen-bond acceptors (Lipinski definition) is 3. The molecule has 0 spiro atoms. The van der Waals surface area contributed by atoms with E-state index in [2.05, 4.69) is 131 Å². The van der Waals surface area contributed by atoms with Crippen molar-refractivity contribution in [3.8, 4) is 11.4 Å². The molecule has 1 atom stereocenters. The van der Waals surface area contributed by atoms with Gasteiger partial charge in [-0.05, 0) is 53.2 Å². The average molecular weight is 519 g/mol. The first-order chi connectivity index (χ1) is 19.3. The third-order valence-electron chi connectivity index (χ3n) is 8.04. The lowest BCUT2D eigenvalue weighted by Gasteiger charge is -2.14. The van der Waals surface area contributed by atoms with Gasteiger partial charge in [-0.1, -0.05) is 78.9 Å². The van der Waals surface area contributed by atoms with Crippen molar-refractivity contribution in [3.05, 3.63) is 127 Å². The van der Waals surface area contributed by atoms with Crippen molar-refractivity contribution in [3.63, 3.8) is 0 Å². The van der Waals surface area contributed by atoms with Crippen LogP contribution in [0.5, 0.6) is 5.75 Å². The number of anilines is 1. The number of benzene rings is 6. The van der Waals surface area contributed by atoms with Gasteiger partial charge in [0.2, 0.25) is 0 Å². The van der Waals surface area contributed by atoms with Gasteiger partial charge in [0.1, 0.15) is 5.75 Å². The molecule has 1 unspecified atom stereocenters. The van der Waals surface area contributed by atoms with Gasteiger partial charge in [-0.25, -0.2) is 0 Å². The Hall–Kier alpha value is -4.80. The Bertz CT molecular complexity index is 2240. The third-order valence-corrected chi connectivity index (χ3v) is 9.18. The molecule has 3 heterocycles. The van der Waals surface area contributed by atoms with E-state index in [9.17, 15) is 0 Å². The first-order valence-corrected chi connectivity index (χ1v) is 14.0. The van der Waals surface area contributed by atoms with Crippen LogP contribution in [0.4, 0.5) is 5.69 Å². The Morgan fingerprint density at radius 2 is 1.36 bits per heavy atom. The van der Waals surface area contributed by atoms with Gasteiger partial charge >= 0.3 is 0 Å². The minimum absolute atomic E-state index is 0.222. The first-order valence-electron chi connectivity index (χ1n) is 13.2. The number of para-hydroxylation sites is 1. The van der Waals surface area contributed by atoms with Gasteiger partial charge in [-0.15, -0.1) is 11.3 Å². The molecule has 0 saturated carbocycles. The van der Waals surface area contributed by atoms with E-state index in [0.29, 0.717) is 0 Å². The topological polar surface area (TPSA) is 26.2 Å². The second-order valence-electron chi connectivity index (χ2n) is 10.2. The smallest absolute Gasteiger partial charge is 0.196 e. The maximum atomic E-state index is 6.43. The summed E-state index contributed by atoms with van der Waals surface area (Å²) < 4.78 is 11.4. The largest absolute Gasteiger partial charge is 0.464 e. The quantitative estimate of drug-likeness (QED) is 0.246. The Morgan fingerprint density at radius 3 is 2.26 bits per heavy atom. The summed E-state index contributed by atoms with van der Waals surface area (Å²) >= 11 is 1.83. The monoisotopic (exact) mass is 518 g/mol. The molecule has 8 aromatic rings. The van der Waals surface area contributed by atoms with E-state index < -0.39 is 0 Å². The molecule has 1 aliphatic rings. The van der Waals surface area contributed by atoms with Gasteiger partial charge in [0.05, 0.1) is 16.7 Å². The standard InChI is InChI=1S/C35H22N2OS/c1-2-8-24-21(7-1)15-18-28-32(24)25-9-3-5-11-27(25)37(28)23-16-13-22(14-17-23)35-36-34-29(38-35)19-20-31-33(34)26-10-4-6-12-30(26)39-31/h1-20,35-36H. The molecule has 39 heavy (non-hydrogen) atoms. The highest BCUT2D eigenvalue weighted by atomic mass is 32.1. The van der Waals surface area contributed by atoms with Gasteiger partial charge in [0.15, 0.2) is 6.23 Å². The number of thiophene rings is 1. The lowest BCUT2D eigenvalue weighted by atomic mass is 10.0. The van der Waals surface area contributed by atoms with Crippen LogP contribution in [-0.2, 0) is 0 Å². The van der Waals surface area contributed by atoms with Crippen LogP contribution in [0.25, 0.3) is 58.4 Å². The van der Waals surface area contributed by atoms with Crippen molar-refractivity contribution in [1.82, 2.24) is 4.57 Å². The Balaban J connectivity index is 1.15. The molecule has 1 N–H and O–H groups in total. The molecule has 6 aromatic carbocycles. The second-order valence-corrected chi connectivity index (χ2v) is 11.3. The zero-order chi connectivity index (χ0) is 25.5. The molecule has 0 aliphatic carbocycles. The predicted octanol–water partition coefficient (Wildman–Crippen LogP) is 9.81. The molecule has 0 radical (unpaired) electrons. The van der Waals surface area contributed by atoms with Crippen molar-refractivity contribution in [2.45, 2.75) is 6.23 Å². The summed E-state index contributed by atoms with van der Waals surface area (Å²) in [6.45, 7) is 0. The first kappa shape index (κ1) is 21.2. The van der Waals surface area contributed by atoms with Gasteiger partial charge in [-0.3, -0.25) is 0 Å². The van der Waals surface area contributed by atoms with Crippen LogP contribution in [0.2, 0.25) is 0 Å². The zero-order valence-corrected chi connectivity index (χ0v) is 21.7. The molecule has 0 fully saturated rings. The molecule has 0 amide bonds. The fourth-order valence-corrected chi connectivity index (χ4v) is 7.41. The van der Waals surface area contributed by atoms with Crippen LogP contribution in [-0.4, -0.2) is 4.57 Å². The van der Waals surface area contributed by atoms with Gasteiger partial charge < -0.3 is 14.6 Å². The van der Waals surface area contributed by atoms with E-state index in [-0.39, 0.29) is 6.23 Å². The normalized spacial score (nSPS) is 14.8. The van der Waals surface area contributed by atoms with E-state index in [1.165, 1.54) is 52.8 Å². The summed E-state index contributed by atoms with van der Waals surface area (Å²) in [6, 6.07) is 43.5. The van der Waals surface area contributed by atoms with Crippen molar-refractivity contribution >= 4 is 69.8 Å². The van der Waals surface area contributed by atoms with E-state index in [1.54, 1.807) is 0 Å². The third kappa shape index (κ3) is 2.98. The van der Waals surface area contributed by atoms with E-state index >= 15 is 0 Å². The Labute approximate surface area is 228 Å². The number of ether oxygens (including phenoxy) is 1. The highest BCUT2D eigenvalue weighted by molar-refractivity contribution is 7.26. The number of hydrogen-bond donors (Lipinski definition) is 1. The number of nitrogens with zero attached hydrogens (tertiary/aromatic N) is 1. The summed E-state index contributed by atoms with van der Waals surface area (Å²) in [6.07, 6.45) is -0.222. The van der Waals surface area contributed by atoms with E-state index in [1.807, 2.05) is 11.3 Å². The van der Waals surface area contributed by atoms with Crippen LogP contribution in [0.15, 0.2) is 121 Å². The summed E-state index contributed by atoms with van der Waals surface area (Å²) in [4.78, 5) is 0. The fourth-order valence-electron chi connectivity index (χ4n) is 6.29. The van der Waals surface area contributed by atoms with Crippen molar-refractivity contribution in [2.75, 3.05) is 5.32 Å². The Morgan fingerprint density at radius 1 is 0.590 bits per heavy atom. The molecule has 4 heteroatoms. The van der Waals surface area contributed by atoms with E-state index in [4.69, 9.17) is 4.74 Å². The highest BCUT2D eigenvalue weighted by Crippen LogP contribution is 2.48. The molecule has 0 saturated heterocycles. The highest BCUT2D eigenvalue weighted by Gasteiger charge is 2.27. The van der Waals surface area contributed by atoms with E-state index in [0.717, 1.165) is 22.7 Å². The summed E-state index contributed by atoms with van der Waals surface area (Å²) in [5.41, 5.74) is 5.77. The van der Waals surface area contributed by atoms with Crippen molar-refractivity contribution in [2.24, 2.45) is 0 Å². The lowest BCUT2D eigenvalue weighted by Crippen LogP contribution is -2.10. The minimum Gasteiger partial charge on any atom is -0.464 e. The number of rotatable bonds is 2. The van der Waals surface area contributed by atoms with Crippen LogP contribution >= 0.6 is 11.3 Å². The number of aromatic nitrogens is 1. The Kier molecular flexibility index (Phi) is 4.26. The molecule has 9 rings (SSSR count). The lowest BCUT2D eigenvalue weighted by molar-refractivity contribution is 0.260. The average Bonchev–Trinajstić information content (AvgIpc) is 3.68. The summed E-state index contributed by atoms with van der Waals surface area (Å²) in [7, 11) is 0. The van der Waals surface area contributed by atoms with Crippen LogP contribution in [0.3, 0.4) is 0 Å². The molecule has 184 valence electrons. The number of nitrogens with one attached hydrogen (secondary N) is 1. The summed E-state index contributed by atoms with van der Waals surface area (Å²) in [5, 5.41) is 11.3. The fraction of sp³-hybridized carbons (Fsp3) is 0.0286. The SMILES string of the molecule is c1ccc2c(c1)ccc1c2c2ccccc2n1-c1ccc(C2Nc3c(ccc4sc5ccccc5c34)O2)cc1. The molecular formula is C35H22N2OS. The maximum absolute atomic E-state index is 6.43. The maximum Gasteiger partial charge on any atom is 0.196 e. The van der Waals surface area contributed by atoms with Crippen molar-refractivity contribution in [1.29, 1.82) is 0 Å². The molecular weight excluding hydrogens is 496 g/mol. The predicted molar refractivity (Wildman–Crippen MR) is 165 cm³/mol. The second kappa shape index (κ2) is 7.85. The van der Waals surface area contributed by atoms with Gasteiger partial charge in [0, 0.05) is 42.2 Å². The molecule has 3 nitrogen and oxygen atoms in total. The molecule has 2 aromatic heterocycles. The van der Waals surface area contributed by atoms with Gasteiger partial charge in [-0.2, -0.15) is 0 Å². The van der Waals surface area contributed by atoms with Crippen LogP contribution in [0.1, 0.15) is 11.8 Å². The van der Waals surface area contributed by atoms with Gasteiger partial charge in [0.25, 0.3) is 0 Å². The minimum atomic E-state index is -0.222. The van der Waals surface area contributed by atoms with Crippen molar-refractivity contribution < 1.29 is 4.74 Å².